The molecule has 1 saturated heterocycles. The zero-order chi connectivity index (χ0) is 12.6. The Morgan fingerprint density at radius 1 is 1.22 bits per heavy atom. The largest absolute Gasteiger partial charge is 0.491 e. The average Bonchev–Trinajstić information content (AvgIpc) is 2.42. The molecule has 1 heterocycles. The minimum Gasteiger partial charge on any atom is -0.491 e. The van der Waals surface area contributed by atoms with Gasteiger partial charge in [-0.1, -0.05) is 17.7 Å². The first-order valence-electron chi connectivity index (χ1n) is 6.82. The fraction of sp³-hybridized carbons (Fsp3) is 0.600. The third kappa shape index (κ3) is 4.67. The summed E-state index contributed by atoms with van der Waals surface area (Å²) in [7, 11) is 0. The topological polar surface area (TPSA) is 30.5 Å². The molecule has 18 heavy (non-hydrogen) atoms. The van der Waals surface area contributed by atoms with E-state index in [9.17, 15) is 0 Å². The summed E-state index contributed by atoms with van der Waals surface area (Å²) in [5.41, 5.74) is 1.25. The van der Waals surface area contributed by atoms with Gasteiger partial charge >= 0.3 is 0 Å². The normalized spacial score (nSPS) is 19.7. The van der Waals surface area contributed by atoms with Gasteiger partial charge in [0.1, 0.15) is 12.4 Å². The van der Waals surface area contributed by atoms with Crippen LogP contribution in [0.15, 0.2) is 24.3 Å². The number of benzene rings is 1. The summed E-state index contributed by atoms with van der Waals surface area (Å²) in [5, 5.41) is 3.40. The van der Waals surface area contributed by atoms with Gasteiger partial charge in [0.25, 0.3) is 0 Å². The second kappa shape index (κ2) is 7.39. The highest BCUT2D eigenvalue weighted by molar-refractivity contribution is 5.26. The van der Waals surface area contributed by atoms with Gasteiger partial charge in [-0.2, -0.15) is 0 Å². The fourth-order valence-corrected chi connectivity index (χ4v) is 2.17. The van der Waals surface area contributed by atoms with E-state index in [0.29, 0.717) is 19.1 Å². The van der Waals surface area contributed by atoms with Crippen LogP contribution in [0.5, 0.6) is 5.75 Å². The second-order valence-electron chi connectivity index (χ2n) is 4.95. The molecule has 1 aromatic rings. The van der Waals surface area contributed by atoms with Crippen LogP contribution in [0.1, 0.15) is 18.4 Å². The number of hydrogen-bond donors (Lipinski definition) is 1. The van der Waals surface area contributed by atoms with Crippen LogP contribution < -0.4 is 10.1 Å². The Morgan fingerprint density at radius 3 is 2.78 bits per heavy atom. The van der Waals surface area contributed by atoms with Crippen molar-refractivity contribution in [2.24, 2.45) is 5.92 Å². The molecule has 100 valence electrons. The van der Waals surface area contributed by atoms with Gasteiger partial charge in [0, 0.05) is 6.54 Å². The number of rotatable bonds is 6. The lowest BCUT2D eigenvalue weighted by atomic mass is 10.0. The van der Waals surface area contributed by atoms with E-state index in [1.54, 1.807) is 0 Å². The number of aryl methyl sites for hydroxylation is 1. The summed E-state index contributed by atoms with van der Waals surface area (Å²) < 4.78 is 11.3. The van der Waals surface area contributed by atoms with Crippen LogP contribution in [-0.2, 0) is 4.74 Å². The van der Waals surface area contributed by atoms with Gasteiger partial charge < -0.3 is 14.8 Å². The molecular formula is C15H23NO2. The van der Waals surface area contributed by atoms with Crippen LogP contribution in [0, 0.1) is 12.8 Å². The number of piperidine rings is 1. The zero-order valence-corrected chi connectivity index (χ0v) is 11.2. The van der Waals surface area contributed by atoms with Gasteiger partial charge in [-0.25, -0.2) is 0 Å². The summed E-state index contributed by atoms with van der Waals surface area (Å²) in [5.74, 6) is 1.60. The van der Waals surface area contributed by atoms with Crippen LogP contribution >= 0.6 is 0 Å². The van der Waals surface area contributed by atoms with Gasteiger partial charge in [-0.15, -0.1) is 0 Å². The summed E-state index contributed by atoms with van der Waals surface area (Å²) in [4.78, 5) is 0. The van der Waals surface area contributed by atoms with E-state index in [2.05, 4.69) is 24.4 Å². The molecule has 0 bridgehead atoms. The van der Waals surface area contributed by atoms with Gasteiger partial charge in [-0.05, 0) is 44.4 Å². The molecule has 0 aliphatic carbocycles. The molecule has 2 rings (SSSR count). The highest BCUT2D eigenvalue weighted by Crippen LogP contribution is 2.12. The Hall–Kier alpha value is -1.06. The number of ether oxygens (including phenoxy) is 2. The lowest BCUT2D eigenvalue weighted by molar-refractivity contribution is 0.0671. The molecule has 1 atom stereocenters. The highest BCUT2D eigenvalue weighted by Gasteiger charge is 2.12. The Bertz CT molecular complexity index is 331. The van der Waals surface area contributed by atoms with Crippen molar-refractivity contribution in [3.63, 3.8) is 0 Å². The van der Waals surface area contributed by atoms with Crippen LogP contribution in [-0.4, -0.2) is 32.9 Å². The third-order valence-electron chi connectivity index (χ3n) is 3.27. The quantitative estimate of drug-likeness (QED) is 0.785. The van der Waals surface area contributed by atoms with E-state index in [4.69, 9.17) is 9.47 Å². The predicted molar refractivity (Wildman–Crippen MR) is 73.1 cm³/mol. The molecular weight excluding hydrogens is 226 g/mol. The van der Waals surface area contributed by atoms with Crippen molar-refractivity contribution in [3.05, 3.63) is 29.8 Å². The van der Waals surface area contributed by atoms with Crippen molar-refractivity contribution < 1.29 is 9.47 Å². The number of hydrogen-bond acceptors (Lipinski definition) is 3. The van der Waals surface area contributed by atoms with Gasteiger partial charge in [0.05, 0.1) is 13.2 Å². The molecule has 0 amide bonds. The first kappa shape index (κ1) is 13.4. The Morgan fingerprint density at radius 2 is 2.06 bits per heavy atom. The highest BCUT2D eigenvalue weighted by atomic mass is 16.5. The summed E-state index contributed by atoms with van der Waals surface area (Å²) in [6.07, 6.45) is 2.56. The SMILES string of the molecule is Cc1ccc(OCCOCC2CCCNC2)cc1. The standard InChI is InChI=1S/C15H23NO2/c1-13-4-6-15(7-5-13)18-10-9-17-12-14-3-2-8-16-11-14/h4-7,14,16H,2-3,8-12H2,1H3. The maximum atomic E-state index is 5.65. The summed E-state index contributed by atoms with van der Waals surface area (Å²) >= 11 is 0. The Kier molecular flexibility index (Phi) is 5.49. The minimum absolute atomic E-state index is 0.628. The first-order chi connectivity index (χ1) is 8.84. The molecule has 3 nitrogen and oxygen atoms in total. The number of nitrogens with one attached hydrogen (secondary N) is 1. The van der Waals surface area contributed by atoms with E-state index in [1.165, 1.54) is 18.4 Å². The molecule has 1 unspecified atom stereocenters. The van der Waals surface area contributed by atoms with Gasteiger partial charge in [0.2, 0.25) is 0 Å². The predicted octanol–water partition coefficient (Wildman–Crippen LogP) is 2.39. The second-order valence-corrected chi connectivity index (χ2v) is 4.95. The van der Waals surface area contributed by atoms with Crippen molar-refractivity contribution in [1.82, 2.24) is 5.32 Å². The minimum atomic E-state index is 0.628. The van der Waals surface area contributed by atoms with E-state index < -0.39 is 0 Å². The van der Waals surface area contributed by atoms with E-state index in [1.807, 2.05) is 12.1 Å². The third-order valence-corrected chi connectivity index (χ3v) is 3.27. The van der Waals surface area contributed by atoms with Crippen molar-refractivity contribution in [1.29, 1.82) is 0 Å². The van der Waals surface area contributed by atoms with Crippen molar-refractivity contribution in [2.75, 3.05) is 32.9 Å². The van der Waals surface area contributed by atoms with E-state index in [0.717, 1.165) is 25.4 Å². The summed E-state index contributed by atoms with van der Waals surface area (Å²) in [6.45, 7) is 6.48. The Labute approximate surface area is 109 Å². The smallest absolute Gasteiger partial charge is 0.119 e. The first-order valence-corrected chi connectivity index (χ1v) is 6.82. The summed E-state index contributed by atoms with van der Waals surface area (Å²) in [6, 6.07) is 8.12. The maximum Gasteiger partial charge on any atom is 0.119 e. The maximum absolute atomic E-state index is 5.65. The molecule has 1 aliphatic heterocycles. The molecule has 3 heteroatoms. The molecule has 1 N–H and O–H groups in total. The van der Waals surface area contributed by atoms with Crippen molar-refractivity contribution in [3.8, 4) is 5.75 Å². The van der Waals surface area contributed by atoms with E-state index in [-0.39, 0.29) is 0 Å². The molecule has 0 spiro atoms. The van der Waals surface area contributed by atoms with E-state index >= 15 is 0 Å². The van der Waals surface area contributed by atoms with Crippen LogP contribution in [0.3, 0.4) is 0 Å². The molecule has 0 aromatic heterocycles. The molecule has 1 fully saturated rings. The van der Waals surface area contributed by atoms with Crippen LogP contribution in [0.2, 0.25) is 0 Å². The molecule has 0 saturated carbocycles. The van der Waals surface area contributed by atoms with Gasteiger partial charge in [0.15, 0.2) is 0 Å². The van der Waals surface area contributed by atoms with Crippen LogP contribution in [0.4, 0.5) is 0 Å². The van der Waals surface area contributed by atoms with Gasteiger partial charge in [-0.3, -0.25) is 0 Å². The van der Waals surface area contributed by atoms with Crippen LogP contribution in [0.25, 0.3) is 0 Å². The molecule has 0 radical (unpaired) electrons. The van der Waals surface area contributed by atoms with Crippen molar-refractivity contribution >= 4 is 0 Å². The fourth-order valence-electron chi connectivity index (χ4n) is 2.17. The lowest BCUT2D eigenvalue weighted by Crippen LogP contribution is -2.32. The monoisotopic (exact) mass is 249 g/mol. The Balaban J connectivity index is 1.54. The molecule has 1 aromatic carbocycles. The van der Waals surface area contributed by atoms with Crippen molar-refractivity contribution in [2.45, 2.75) is 19.8 Å². The average molecular weight is 249 g/mol. The molecule has 1 aliphatic rings. The zero-order valence-electron chi connectivity index (χ0n) is 11.2. The lowest BCUT2D eigenvalue weighted by Gasteiger charge is -2.22.